The number of ether oxygens (including phenoxy) is 1. The van der Waals surface area contributed by atoms with E-state index in [0.29, 0.717) is 19.8 Å². The van der Waals surface area contributed by atoms with Crippen molar-refractivity contribution in [2.75, 3.05) is 31.2 Å². The van der Waals surface area contributed by atoms with Gasteiger partial charge < -0.3 is 15.0 Å². The quantitative estimate of drug-likeness (QED) is 0.690. The predicted molar refractivity (Wildman–Crippen MR) is 108 cm³/mol. The van der Waals surface area contributed by atoms with Crippen LogP contribution in [0.25, 0.3) is 10.6 Å². The Bertz CT molecular complexity index is 925. The van der Waals surface area contributed by atoms with Crippen LogP contribution in [0.3, 0.4) is 0 Å². The van der Waals surface area contributed by atoms with Gasteiger partial charge in [0.2, 0.25) is 5.91 Å². The summed E-state index contributed by atoms with van der Waals surface area (Å²) in [5.74, 6) is 0.860. The summed E-state index contributed by atoms with van der Waals surface area (Å²) >= 11 is 1.52. The normalized spacial score (nSPS) is 14.1. The van der Waals surface area contributed by atoms with Gasteiger partial charge in [-0.2, -0.15) is 0 Å². The Morgan fingerprint density at radius 1 is 1.21 bits per heavy atom. The van der Waals surface area contributed by atoms with Crippen LogP contribution in [0.15, 0.2) is 48.2 Å². The number of carbonyl (C=O) groups excluding carboxylic acids is 1. The molecule has 28 heavy (non-hydrogen) atoms. The van der Waals surface area contributed by atoms with Gasteiger partial charge in [-0.1, -0.05) is 6.07 Å². The van der Waals surface area contributed by atoms with Crippen molar-refractivity contribution < 1.29 is 9.53 Å². The molecule has 0 aliphatic carbocycles. The van der Waals surface area contributed by atoms with E-state index < -0.39 is 0 Å². The number of nitrogens with one attached hydrogen (secondary N) is 1. The number of hydrogen-bond acceptors (Lipinski definition) is 7. The molecular weight excluding hydrogens is 374 g/mol. The van der Waals surface area contributed by atoms with Gasteiger partial charge in [0.15, 0.2) is 0 Å². The maximum atomic E-state index is 12.4. The summed E-state index contributed by atoms with van der Waals surface area (Å²) in [6, 6.07) is 7.74. The molecule has 1 amide bonds. The fraction of sp³-hybridized carbons (Fsp3) is 0.300. The topological polar surface area (TPSA) is 80.2 Å². The number of thiazole rings is 1. The summed E-state index contributed by atoms with van der Waals surface area (Å²) in [6.07, 6.45) is 5.54. The van der Waals surface area contributed by atoms with Crippen LogP contribution in [0, 0.1) is 0 Å². The third-order valence-corrected chi connectivity index (χ3v) is 5.40. The Morgan fingerprint density at radius 2 is 2.07 bits per heavy atom. The monoisotopic (exact) mass is 395 g/mol. The maximum absolute atomic E-state index is 12.4. The van der Waals surface area contributed by atoms with Gasteiger partial charge >= 0.3 is 0 Å². The summed E-state index contributed by atoms with van der Waals surface area (Å²) in [5, 5.41) is 5.79. The minimum Gasteiger partial charge on any atom is -0.378 e. The molecular formula is C20H21N5O2S. The smallest absolute Gasteiger partial charge is 0.226 e. The molecule has 0 saturated carbocycles. The van der Waals surface area contributed by atoms with Crippen LogP contribution < -0.4 is 10.2 Å². The van der Waals surface area contributed by atoms with Crippen molar-refractivity contribution in [3.63, 3.8) is 0 Å². The molecule has 3 aromatic rings. The fourth-order valence-corrected chi connectivity index (χ4v) is 3.87. The van der Waals surface area contributed by atoms with Crippen molar-refractivity contribution in [3.8, 4) is 10.6 Å². The number of carbonyl (C=O) groups is 1. The lowest BCUT2D eigenvalue weighted by atomic mass is 10.2. The summed E-state index contributed by atoms with van der Waals surface area (Å²) in [4.78, 5) is 27.8. The zero-order valence-corrected chi connectivity index (χ0v) is 16.2. The molecule has 1 saturated heterocycles. The molecule has 0 atom stereocenters. The molecule has 8 heteroatoms. The van der Waals surface area contributed by atoms with Crippen LogP contribution in [0.5, 0.6) is 0 Å². The van der Waals surface area contributed by atoms with E-state index in [0.717, 1.165) is 40.7 Å². The lowest BCUT2D eigenvalue weighted by Crippen LogP contribution is -2.38. The van der Waals surface area contributed by atoms with Gasteiger partial charge in [-0.3, -0.25) is 9.78 Å². The molecule has 1 N–H and O–H groups in total. The molecule has 0 bridgehead atoms. The predicted octanol–water partition coefficient (Wildman–Crippen LogP) is 2.30. The minimum atomic E-state index is -0.0557. The fourth-order valence-electron chi connectivity index (χ4n) is 3.06. The lowest BCUT2D eigenvalue weighted by molar-refractivity contribution is -0.120. The second-order valence-corrected chi connectivity index (χ2v) is 7.28. The summed E-state index contributed by atoms with van der Waals surface area (Å²) in [5.41, 5.74) is 2.73. The van der Waals surface area contributed by atoms with Gasteiger partial charge in [-0.05, 0) is 18.2 Å². The molecule has 3 aromatic heterocycles. The largest absolute Gasteiger partial charge is 0.378 e. The number of nitrogens with zero attached hydrogens (tertiary/aromatic N) is 4. The van der Waals surface area contributed by atoms with Gasteiger partial charge in [0.1, 0.15) is 10.8 Å². The van der Waals surface area contributed by atoms with Crippen molar-refractivity contribution in [1.29, 1.82) is 0 Å². The van der Waals surface area contributed by atoms with E-state index in [4.69, 9.17) is 4.74 Å². The molecule has 0 aromatic carbocycles. The maximum Gasteiger partial charge on any atom is 0.226 e. The first-order chi connectivity index (χ1) is 13.8. The number of hydrogen-bond donors (Lipinski definition) is 1. The number of rotatable bonds is 6. The van der Waals surface area contributed by atoms with Crippen molar-refractivity contribution in [1.82, 2.24) is 20.3 Å². The van der Waals surface area contributed by atoms with E-state index in [-0.39, 0.29) is 12.3 Å². The highest BCUT2D eigenvalue weighted by Crippen LogP contribution is 2.23. The number of morpholine rings is 1. The minimum absolute atomic E-state index is 0.0557. The molecule has 0 spiro atoms. The number of amides is 1. The molecule has 1 aliphatic heterocycles. The van der Waals surface area contributed by atoms with Crippen molar-refractivity contribution >= 4 is 23.1 Å². The summed E-state index contributed by atoms with van der Waals surface area (Å²) < 4.78 is 5.41. The highest BCUT2D eigenvalue weighted by atomic mass is 32.1. The Balaban J connectivity index is 1.36. The van der Waals surface area contributed by atoms with E-state index in [1.54, 1.807) is 18.6 Å². The van der Waals surface area contributed by atoms with Crippen LogP contribution in [0.1, 0.15) is 11.3 Å². The molecule has 144 valence electrons. The average molecular weight is 395 g/mol. The Kier molecular flexibility index (Phi) is 5.89. The van der Waals surface area contributed by atoms with Gasteiger partial charge in [0.05, 0.1) is 25.3 Å². The van der Waals surface area contributed by atoms with E-state index >= 15 is 0 Å². The molecule has 0 unspecified atom stereocenters. The van der Waals surface area contributed by atoms with Gasteiger partial charge in [0.25, 0.3) is 0 Å². The van der Waals surface area contributed by atoms with Gasteiger partial charge in [0, 0.05) is 54.7 Å². The van der Waals surface area contributed by atoms with Crippen LogP contribution >= 0.6 is 11.3 Å². The highest BCUT2D eigenvalue weighted by Gasteiger charge is 2.16. The summed E-state index contributed by atoms with van der Waals surface area (Å²) in [6.45, 7) is 3.47. The SMILES string of the molecule is O=C(Cc1csc(-c2cccnc2)n1)NCc1cccnc1N1CCOCC1. The molecule has 4 rings (SSSR count). The first-order valence-electron chi connectivity index (χ1n) is 9.18. The number of aromatic nitrogens is 3. The van der Waals surface area contributed by atoms with E-state index in [9.17, 15) is 4.79 Å². The van der Waals surface area contributed by atoms with Gasteiger partial charge in [-0.15, -0.1) is 11.3 Å². The first kappa shape index (κ1) is 18.5. The molecule has 4 heterocycles. The summed E-state index contributed by atoms with van der Waals surface area (Å²) in [7, 11) is 0. The third-order valence-electron chi connectivity index (χ3n) is 4.46. The van der Waals surface area contributed by atoms with Crippen LogP contribution in [-0.2, 0) is 22.5 Å². The van der Waals surface area contributed by atoms with E-state index in [1.807, 2.05) is 29.6 Å². The van der Waals surface area contributed by atoms with Crippen LogP contribution in [0.2, 0.25) is 0 Å². The Hall–Kier alpha value is -2.84. The zero-order valence-electron chi connectivity index (χ0n) is 15.4. The Labute approximate surface area is 167 Å². The van der Waals surface area contributed by atoms with Crippen LogP contribution in [0.4, 0.5) is 5.82 Å². The third kappa shape index (κ3) is 4.52. The second kappa shape index (κ2) is 8.90. The Morgan fingerprint density at radius 3 is 2.89 bits per heavy atom. The molecule has 1 fully saturated rings. The van der Waals surface area contributed by atoms with E-state index in [2.05, 4.69) is 25.2 Å². The van der Waals surface area contributed by atoms with Gasteiger partial charge in [-0.25, -0.2) is 9.97 Å². The lowest BCUT2D eigenvalue weighted by Gasteiger charge is -2.29. The highest BCUT2D eigenvalue weighted by molar-refractivity contribution is 7.13. The van der Waals surface area contributed by atoms with Crippen molar-refractivity contribution in [3.05, 3.63) is 59.5 Å². The molecule has 7 nitrogen and oxygen atoms in total. The molecule has 0 radical (unpaired) electrons. The molecule has 1 aliphatic rings. The zero-order chi connectivity index (χ0) is 19.2. The number of anilines is 1. The van der Waals surface area contributed by atoms with Crippen molar-refractivity contribution in [2.24, 2.45) is 0 Å². The standard InChI is InChI=1S/C20H21N5O2S/c26-18(11-17-14-28-20(24-17)16-4-1-5-21-12-16)23-13-15-3-2-6-22-19(15)25-7-9-27-10-8-25/h1-6,12,14H,7-11,13H2,(H,23,26). The second-order valence-electron chi connectivity index (χ2n) is 6.42. The number of pyridine rings is 2. The first-order valence-corrected chi connectivity index (χ1v) is 10.1. The van der Waals surface area contributed by atoms with Crippen molar-refractivity contribution in [2.45, 2.75) is 13.0 Å². The average Bonchev–Trinajstić information content (AvgIpc) is 3.22. The van der Waals surface area contributed by atoms with E-state index in [1.165, 1.54) is 11.3 Å². The van der Waals surface area contributed by atoms with Crippen LogP contribution in [-0.4, -0.2) is 47.2 Å².